The number of carbonyl (C=O) groups excluding carboxylic acids is 1. The predicted molar refractivity (Wildman–Crippen MR) is 53.4 cm³/mol. The van der Waals surface area contributed by atoms with Crippen molar-refractivity contribution in [2.24, 2.45) is 11.8 Å². The van der Waals surface area contributed by atoms with Gasteiger partial charge >= 0.3 is 5.97 Å². The highest BCUT2D eigenvalue weighted by Crippen LogP contribution is 2.30. The smallest absolute Gasteiger partial charge is 0.310 e. The Labute approximate surface area is 80.1 Å². The molecule has 0 saturated carbocycles. The average Bonchev–Trinajstić information content (AvgIpc) is 1.83. The van der Waals surface area contributed by atoms with Crippen molar-refractivity contribution >= 4 is 18.6 Å². The minimum absolute atomic E-state index is 0.147. The Morgan fingerprint density at radius 2 is 1.83 bits per heavy atom. The Hall–Kier alpha value is -0.180. The zero-order valence-corrected chi connectivity index (χ0v) is 9.31. The van der Waals surface area contributed by atoms with Crippen molar-refractivity contribution in [3.63, 3.8) is 0 Å². The second kappa shape index (κ2) is 4.17. The molecule has 72 valence electrons. The summed E-state index contributed by atoms with van der Waals surface area (Å²) in [4.78, 5) is 11.3. The Morgan fingerprint density at radius 1 is 1.42 bits per heavy atom. The molecule has 0 amide bonds. The van der Waals surface area contributed by atoms with E-state index < -0.39 is 0 Å². The first-order valence-corrected chi connectivity index (χ1v) is 4.55. The molecule has 0 rings (SSSR count). The van der Waals surface area contributed by atoms with Crippen LogP contribution in [0.25, 0.3) is 0 Å². The fraction of sp³-hybridized carbons (Fsp3) is 0.889. The first-order valence-electron chi connectivity index (χ1n) is 4.11. The summed E-state index contributed by atoms with van der Waals surface area (Å²) in [7, 11) is 1.41. The second-order valence-electron chi connectivity index (χ2n) is 3.90. The highest BCUT2D eigenvalue weighted by molar-refractivity contribution is 7.81. The van der Waals surface area contributed by atoms with Gasteiger partial charge in [-0.25, -0.2) is 0 Å². The molecule has 1 atom stereocenters. The summed E-state index contributed by atoms with van der Waals surface area (Å²) in [5, 5.41) is 0. The number of thiol groups is 1. The van der Waals surface area contributed by atoms with Crippen molar-refractivity contribution in [3.05, 3.63) is 0 Å². The third-order valence-corrected chi connectivity index (χ3v) is 2.16. The number of methoxy groups -OCH3 is 1. The summed E-state index contributed by atoms with van der Waals surface area (Å²) >= 11 is 4.38. The van der Waals surface area contributed by atoms with Crippen LogP contribution in [-0.2, 0) is 9.53 Å². The van der Waals surface area contributed by atoms with Crippen LogP contribution < -0.4 is 0 Å². The van der Waals surface area contributed by atoms with Crippen molar-refractivity contribution in [2.75, 3.05) is 7.11 Å². The first kappa shape index (κ1) is 11.8. The van der Waals surface area contributed by atoms with Gasteiger partial charge in [0.05, 0.1) is 13.0 Å². The molecule has 0 aromatic carbocycles. The highest BCUT2D eigenvalue weighted by atomic mass is 32.1. The summed E-state index contributed by atoms with van der Waals surface area (Å²) in [5.74, 6) is -0.0687. The van der Waals surface area contributed by atoms with Gasteiger partial charge in [0.25, 0.3) is 0 Å². The molecule has 0 aliphatic rings. The molecule has 12 heavy (non-hydrogen) atoms. The number of rotatable bonds is 3. The van der Waals surface area contributed by atoms with Crippen LogP contribution in [0.3, 0.4) is 0 Å². The van der Waals surface area contributed by atoms with Gasteiger partial charge in [0.1, 0.15) is 0 Å². The van der Waals surface area contributed by atoms with Crippen LogP contribution in [0.4, 0.5) is 0 Å². The molecule has 0 heterocycles. The molecule has 0 saturated heterocycles. The Morgan fingerprint density at radius 3 is 1.92 bits per heavy atom. The van der Waals surface area contributed by atoms with Crippen molar-refractivity contribution in [3.8, 4) is 0 Å². The molecule has 0 aliphatic heterocycles. The Bertz CT molecular complexity index is 158. The third kappa shape index (κ3) is 3.05. The number of hydrogen-bond donors (Lipinski definition) is 1. The summed E-state index contributed by atoms with van der Waals surface area (Å²) in [5.41, 5.74) is 0. The van der Waals surface area contributed by atoms with Crippen LogP contribution in [0, 0.1) is 11.8 Å². The lowest BCUT2D eigenvalue weighted by Crippen LogP contribution is -2.36. The third-order valence-electron chi connectivity index (χ3n) is 1.88. The average molecular weight is 190 g/mol. The molecule has 2 nitrogen and oxygen atoms in total. The van der Waals surface area contributed by atoms with E-state index in [-0.39, 0.29) is 22.6 Å². The molecule has 0 fully saturated rings. The van der Waals surface area contributed by atoms with E-state index in [4.69, 9.17) is 4.74 Å². The lowest BCUT2D eigenvalue weighted by molar-refractivity contribution is -0.148. The number of esters is 1. The van der Waals surface area contributed by atoms with Gasteiger partial charge in [-0.3, -0.25) is 4.79 Å². The number of ether oxygens (including phenoxy) is 1. The quantitative estimate of drug-likeness (QED) is 0.545. The molecule has 0 radical (unpaired) electrons. The first-order chi connectivity index (χ1) is 5.30. The summed E-state index contributed by atoms with van der Waals surface area (Å²) in [6.07, 6.45) is 0. The maximum Gasteiger partial charge on any atom is 0.310 e. The molecular formula is C9H18O2S. The second-order valence-corrected chi connectivity index (χ2v) is 5.05. The highest BCUT2D eigenvalue weighted by Gasteiger charge is 2.35. The lowest BCUT2D eigenvalue weighted by atomic mass is 9.85. The topological polar surface area (TPSA) is 26.3 Å². The molecular weight excluding hydrogens is 172 g/mol. The molecule has 1 unspecified atom stereocenters. The van der Waals surface area contributed by atoms with E-state index in [9.17, 15) is 4.79 Å². The van der Waals surface area contributed by atoms with E-state index in [1.165, 1.54) is 7.11 Å². The number of carbonyl (C=O) groups is 1. The molecule has 0 spiro atoms. The van der Waals surface area contributed by atoms with Gasteiger partial charge in [0.15, 0.2) is 0 Å². The van der Waals surface area contributed by atoms with Crippen LogP contribution >= 0.6 is 12.6 Å². The van der Waals surface area contributed by atoms with Crippen molar-refractivity contribution in [2.45, 2.75) is 32.4 Å². The minimum atomic E-state index is -0.318. The normalized spacial score (nSPS) is 14.6. The summed E-state index contributed by atoms with van der Waals surface area (Å²) in [6.45, 7) is 7.86. The van der Waals surface area contributed by atoms with Crippen molar-refractivity contribution < 1.29 is 9.53 Å². The largest absolute Gasteiger partial charge is 0.469 e. The van der Waals surface area contributed by atoms with Gasteiger partial charge in [-0.2, -0.15) is 12.6 Å². The van der Waals surface area contributed by atoms with Crippen LogP contribution in [0.1, 0.15) is 27.7 Å². The van der Waals surface area contributed by atoms with Gasteiger partial charge in [-0.1, -0.05) is 27.7 Å². The van der Waals surface area contributed by atoms with Gasteiger partial charge in [0, 0.05) is 4.75 Å². The Balaban J connectivity index is 4.56. The fourth-order valence-electron chi connectivity index (χ4n) is 1.50. The van der Waals surface area contributed by atoms with Gasteiger partial charge in [-0.15, -0.1) is 0 Å². The fourth-order valence-corrected chi connectivity index (χ4v) is 1.91. The predicted octanol–water partition coefficient (Wildman–Crippen LogP) is 2.14. The van der Waals surface area contributed by atoms with E-state index in [1.807, 2.05) is 27.7 Å². The van der Waals surface area contributed by atoms with Crippen LogP contribution in [0.15, 0.2) is 0 Å². The monoisotopic (exact) mass is 190 g/mol. The van der Waals surface area contributed by atoms with Crippen LogP contribution in [-0.4, -0.2) is 17.8 Å². The minimum Gasteiger partial charge on any atom is -0.469 e. The molecule has 3 heteroatoms. The maximum absolute atomic E-state index is 11.3. The zero-order chi connectivity index (χ0) is 9.94. The van der Waals surface area contributed by atoms with Crippen LogP contribution in [0.5, 0.6) is 0 Å². The summed E-state index contributed by atoms with van der Waals surface area (Å²) in [6, 6.07) is 0. The molecule has 0 aromatic heterocycles. The van der Waals surface area contributed by atoms with E-state index in [0.29, 0.717) is 0 Å². The molecule has 0 bridgehead atoms. The van der Waals surface area contributed by atoms with E-state index in [1.54, 1.807) is 0 Å². The van der Waals surface area contributed by atoms with Gasteiger partial charge in [0.2, 0.25) is 0 Å². The van der Waals surface area contributed by atoms with E-state index in [0.717, 1.165) is 0 Å². The Kier molecular flexibility index (Phi) is 4.11. The van der Waals surface area contributed by atoms with Gasteiger partial charge < -0.3 is 4.74 Å². The standard InChI is InChI=1S/C9H18O2S/c1-6(2)7(8(10)11-5)9(3,4)12/h6-7,12H,1-5H3. The zero-order valence-electron chi connectivity index (χ0n) is 8.42. The molecule has 0 aliphatic carbocycles. The van der Waals surface area contributed by atoms with Gasteiger partial charge in [-0.05, 0) is 5.92 Å². The van der Waals surface area contributed by atoms with Crippen molar-refractivity contribution in [1.82, 2.24) is 0 Å². The summed E-state index contributed by atoms with van der Waals surface area (Å²) < 4.78 is 4.39. The van der Waals surface area contributed by atoms with E-state index in [2.05, 4.69) is 12.6 Å². The van der Waals surface area contributed by atoms with E-state index >= 15 is 0 Å². The SMILES string of the molecule is COC(=O)C(C(C)C)C(C)(C)S. The van der Waals surface area contributed by atoms with Crippen molar-refractivity contribution in [1.29, 1.82) is 0 Å². The molecule has 0 N–H and O–H groups in total. The molecule has 0 aromatic rings. The lowest BCUT2D eigenvalue weighted by Gasteiger charge is -2.30. The number of hydrogen-bond acceptors (Lipinski definition) is 3. The van der Waals surface area contributed by atoms with Crippen LogP contribution in [0.2, 0.25) is 0 Å². The maximum atomic E-state index is 11.3.